The van der Waals surface area contributed by atoms with Crippen LogP contribution < -0.4 is 10.6 Å². The van der Waals surface area contributed by atoms with Crippen molar-refractivity contribution in [2.45, 2.75) is 52.0 Å². The van der Waals surface area contributed by atoms with Gasteiger partial charge in [-0.15, -0.1) is 0 Å². The minimum absolute atomic E-state index is 0.178. The molecule has 0 spiro atoms. The number of guanidine groups is 1. The van der Waals surface area contributed by atoms with E-state index in [0.717, 1.165) is 42.5 Å². The first kappa shape index (κ1) is 20.4. The first-order valence-corrected chi connectivity index (χ1v) is 10.4. The summed E-state index contributed by atoms with van der Waals surface area (Å²) in [4.78, 5) is 4.68. The Balaban J connectivity index is 1.61. The molecule has 3 N–H and O–H groups in total. The Morgan fingerprint density at radius 2 is 1.96 bits per heavy atom. The molecule has 1 aromatic carbocycles. The normalized spacial score (nSPS) is 16.7. The summed E-state index contributed by atoms with van der Waals surface area (Å²) in [5, 5.41) is 20.5. The molecule has 1 fully saturated rings. The molecule has 0 amide bonds. The fourth-order valence-electron chi connectivity index (χ4n) is 3.95. The second kappa shape index (κ2) is 10.3. The van der Waals surface area contributed by atoms with Crippen molar-refractivity contribution in [3.05, 3.63) is 42.1 Å². The van der Waals surface area contributed by atoms with Crippen LogP contribution in [0.1, 0.15) is 51.1 Å². The van der Waals surface area contributed by atoms with Gasteiger partial charge in [-0.3, -0.25) is 0 Å². The van der Waals surface area contributed by atoms with Crippen LogP contribution in [0.2, 0.25) is 0 Å². The maximum absolute atomic E-state index is 9.51. The summed E-state index contributed by atoms with van der Waals surface area (Å²) in [6.07, 6.45) is 6.99. The molecule has 0 bridgehead atoms. The molecule has 0 atom stereocenters. The topological polar surface area (TPSA) is 82.7 Å². The summed E-state index contributed by atoms with van der Waals surface area (Å²) in [6.45, 7) is 4.40. The van der Waals surface area contributed by atoms with Gasteiger partial charge in [0.1, 0.15) is 5.69 Å². The van der Waals surface area contributed by atoms with Gasteiger partial charge >= 0.3 is 0 Å². The molecular formula is C22H32N4O2. The Morgan fingerprint density at radius 1 is 1.18 bits per heavy atom. The van der Waals surface area contributed by atoms with Gasteiger partial charge in [0, 0.05) is 31.3 Å². The molecule has 1 aliphatic rings. The molecule has 1 aliphatic carbocycles. The van der Waals surface area contributed by atoms with E-state index in [1.165, 1.54) is 32.1 Å². The molecular weight excluding hydrogens is 352 g/mol. The lowest BCUT2D eigenvalue weighted by molar-refractivity contribution is 0.131. The highest BCUT2D eigenvalue weighted by Gasteiger charge is 2.31. The van der Waals surface area contributed by atoms with Gasteiger partial charge in [-0.25, -0.2) is 4.99 Å². The summed E-state index contributed by atoms with van der Waals surface area (Å²) in [5.74, 6) is 1.54. The third kappa shape index (κ3) is 5.58. The molecule has 0 aliphatic heterocycles. The highest BCUT2D eigenvalue weighted by atomic mass is 16.5. The van der Waals surface area contributed by atoms with Crippen LogP contribution in [0.3, 0.4) is 0 Å². The molecule has 3 rings (SSSR count). The van der Waals surface area contributed by atoms with E-state index < -0.39 is 0 Å². The molecule has 1 aromatic heterocycles. The number of nitrogens with one attached hydrogen (secondary N) is 2. The monoisotopic (exact) mass is 384 g/mol. The second-order valence-electron chi connectivity index (χ2n) is 7.63. The third-order valence-corrected chi connectivity index (χ3v) is 5.55. The van der Waals surface area contributed by atoms with Gasteiger partial charge in [0.2, 0.25) is 0 Å². The van der Waals surface area contributed by atoms with E-state index in [4.69, 9.17) is 4.52 Å². The van der Waals surface area contributed by atoms with Crippen molar-refractivity contribution < 1.29 is 9.63 Å². The molecule has 1 heterocycles. The van der Waals surface area contributed by atoms with Gasteiger partial charge < -0.3 is 20.3 Å². The van der Waals surface area contributed by atoms with Crippen LogP contribution in [0.5, 0.6) is 0 Å². The number of aromatic nitrogens is 1. The average Bonchev–Trinajstić information content (AvgIpc) is 3.21. The number of aliphatic hydroxyl groups excluding tert-OH is 1. The Morgan fingerprint density at radius 3 is 2.68 bits per heavy atom. The fraction of sp³-hybridized carbons (Fsp3) is 0.545. The Bertz CT molecular complexity index is 730. The lowest BCUT2D eigenvalue weighted by Gasteiger charge is -2.37. The van der Waals surface area contributed by atoms with E-state index in [9.17, 15) is 5.11 Å². The number of aliphatic hydroxyl groups is 1. The lowest BCUT2D eigenvalue weighted by atomic mass is 9.72. The smallest absolute Gasteiger partial charge is 0.191 e. The van der Waals surface area contributed by atoms with E-state index in [0.29, 0.717) is 6.54 Å². The van der Waals surface area contributed by atoms with Crippen LogP contribution in [0, 0.1) is 5.41 Å². The minimum atomic E-state index is 0.178. The number of rotatable bonds is 8. The van der Waals surface area contributed by atoms with E-state index in [1.807, 2.05) is 36.4 Å². The first-order valence-electron chi connectivity index (χ1n) is 10.4. The standard InChI is InChI=1S/C22H32N4O2/c1-2-23-21(25-17-22(13-14-27)11-7-4-8-12-22)24-16-19-15-20(28-26-19)18-9-5-3-6-10-18/h3,5-6,9-10,15,27H,2,4,7-8,11-14,16-17H2,1H3,(H2,23,24,25). The van der Waals surface area contributed by atoms with Crippen LogP contribution in [-0.4, -0.2) is 35.9 Å². The van der Waals surface area contributed by atoms with Crippen molar-refractivity contribution >= 4 is 5.96 Å². The highest BCUT2D eigenvalue weighted by molar-refractivity contribution is 5.79. The SMILES string of the molecule is CCNC(=NCc1cc(-c2ccccc2)on1)NCC1(CCO)CCCCC1. The average molecular weight is 385 g/mol. The molecule has 0 saturated heterocycles. The zero-order chi connectivity index (χ0) is 19.7. The van der Waals surface area contributed by atoms with Crippen LogP contribution in [0.25, 0.3) is 11.3 Å². The van der Waals surface area contributed by atoms with Crippen molar-refractivity contribution in [2.75, 3.05) is 19.7 Å². The Labute approximate surface area is 167 Å². The van der Waals surface area contributed by atoms with Gasteiger partial charge in [-0.05, 0) is 31.6 Å². The number of hydrogen-bond acceptors (Lipinski definition) is 4. The zero-order valence-corrected chi connectivity index (χ0v) is 16.8. The van der Waals surface area contributed by atoms with Gasteiger partial charge in [-0.1, -0.05) is 54.8 Å². The first-order chi connectivity index (χ1) is 13.7. The van der Waals surface area contributed by atoms with Gasteiger partial charge in [-0.2, -0.15) is 0 Å². The predicted molar refractivity (Wildman–Crippen MR) is 112 cm³/mol. The van der Waals surface area contributed by atoms with Crippen LogP contribution >= 0.6 is 0 Å². The van der Waals surface area contributed by atoms with Gasteiger partial charge in [0.25, 0.3) is 0 Å². The molecule has 0 unspecified atom stereocenters. The van der Waals surface area contributed by atoms with Crippen LogP contribution in [0.4, 0.5) is 0 Å². The van der Waals surface area contributed by atoms with Gasteiger partial charge in [0.05, 0.1) is 6.54 Å². The van der Waals surface area contributed by atoms with E-state index in [2.05, 4.69) is 27.7 Å². The van der Waals surface area contributed by atoms with Crippen molar-refractivity contribution in [2.24, 2.45) is 10.4 Å². The van der Waals surface area contributed by atoms with Crippen molar-refractivity contribution in [1.29, 1.82) is 0 Å². The van der Waals surface area contributed by atoms with Gasteiger partial charge in [0.15, 0.2) is 11.7 Å². The zero-order valence-electron chi connectivity index (χ0n) is 16.8. The second-order valence-corrected chi connectivity index (χ2v) is 7.63. The number of nitrogens with zero attached hydrogens (tertiary/aromatic N) is 2. The molecule has 6 nitrogen and oxygen atoms in total. The summed E-state index contributed by atoms with van der Waals surface area (Å²) in [7, 11) is 0. The summed E-state index contributed by atoms with van der Waals surface area (Å²) in [6, 6.07) is 11.9. The molecule has 0 radical (unpaired) electrons. The maximum atomic E-state index is 9.51. The van der Waals surface area contributed by atoms with Crippen molar-refractivity contribution in [1.82, 2.24) is 15.8 Å². The molecule has 28 heavy (non-hydrogen) atoms. The molecule has 1 saturated carbocycles. The fourth-order valence-corrected chi connectivity index (χ4v) is 3.95. The lowest BCUT2D eigenvalue weighted by Crippen LogP contribution is -2.44. The Hall–Kier alpha value is -2.34. The summed E-state index contributed by atoms with van der Waals surface area (Å²) < 4.78 is 5.46. The van der Waals surface area contributed by atoms with E-state index in [1.54, 1.807) is 0 Å². The summed E-state index contributed by atoms with van der Waals surface area (Å²) in [5.41, 5.74) is 2.00. The number of aliphatic imine (C=N–C) groups is 1. The predicted octanol–water partition coefficient (Wildman–Crippen LogP) is 3.73. The third-order valence-electron chi connectivity index (χ3n) is 5.55. The molecule has 2 aromatic rings. The van der Waals surface area contributed by atoms with E-state index >= 15 is 0 Å². The van der Waals surface area contributed by atoms with Crippen molar-refractivity contribution in [3.8, 4) is 11.3 Å². The maximum Gasteiger partial charge on any atom is 0.191 e. The minimum Gasteiger partial charge on any atom is -0.396 e. The van der Waals surface area contributed by atoms with Crippen LogP contribution in [-0.2, 0) is 6.54 Å². The Kier molecular flexibility index (Phi) is 7.48. The van der Waals surface area contributed by atoms with E-state index in [-0.39, 0.29) is 12.0 Å². The molecule has 152 valence electrons. The largest absolute Gasteiger partial charge is 0.396 e. The van der Waals surface area contributed by atoms with Crippen molar-refractivity contribution in [3.63, 3.8) is 0 Å². The van der Waals surface area contributed by atoms with Crippen LogP contribution in [0.15, 0.2) is 45.9 Å². The molecule has 6 heteroatoms. The quantitative estimate of drug-likeness (QED) is 0.477. The highest BCUT2D eigenvalue weighted by Crippen LogP contribution is 2.38. The number of hydrogen-bond donors (Lipinski definition) is 3. The number of benzene rings is 1. The summed E-state index contributed by atoms with van der Waals surface area (Å²) >= 11 is 0.